The van der Waals surface area contributed by atoms with E-state index in [9.17, 15) is 4.79 Å². The fourth-order valence-corrected chi connectivity index (χ4v) is 4.40. The molecule has 190 valence electrons. The van der Waals surface area contributed by atoms with Crippen LogP contribution in [0.15, 0.2) is 54.6 Å². The van der Waals surface area contributed by atoms with Gasteiger partial charge in [0.1, 0.15) is 11.5 Å². The lowest BCUT2D eigenvalue weighted by Gasteiger charge is -2.36. The molecule has 1 aliphatic heterocycles. The number of hydrogen-bond donors (Lipinski definition) is 0. The van der Waals surface area contributed by atoms with E-state index < -0.39 is 6.10 Å². The first-order valence-electron chi connectivity index (χ1n) is 12.5. The third-order valence-corrected chi connectivity index (χ3v) is 6.55. The normalized spacial score (nSPS) is 14.9. The molecule has 2 heterocycles. The zero-order valence-electron chi connectivity index (χ0n) is 22.1. The number of benzene rings is 2. The van der Waals surface area contributed by atoms with Crippen LogP contribution >= 0.6 is 0 Å². The van der Waals surface area contributed by atoms with E-state index >= 15 is 0 Å². The average Bonchev–Trinajstić information content (AvgIpc) is 2.89. The number of piperazine rings is 1. The van der Waals surface area contributed by atoms with Crippen LogP contribution in [0.25, 0.3) is 11.3 Å². The Labute approximate surface area is 214 Å². The predicted molar refractivity (Wildman–Crippen MR) is 143 cm³/mol. The van der Waals surface area contributed by atoms with Crippen LogP contribution < -0.4 is 14.4 Å². The molecule has 1 atom stereocenters. The van der Waals surface area contributed by atoms with Gasteiger partial charge in [0.05, 0.1) is 12.8 Å². The first-order chi connectivity index (χ1) is 17.2. The second-order valence-electron chi connectivity index (χ2n) is 10.3. The molecule has 1 aromatic heterocycles. The van der Waals surface area contributed by atoms with Crippen LogP contribution in [0.2, 0.25) is 0 Å². The number of carbonyl (C=O) groups excluding carboxylic acids is 1. The van der Waals surface area contributed by atoms with Crippen molar-refractivity contribution in [3.63, 3.8) is 0 Å². The highest BCUT2D eigenvalue weighted by Gasteiger charge is 2.28. The first kappa shape index (κ1) is 25.5. The highest BCUT2D eigenvalue weighted by molar-refractivity contribution is 5.81. The minimum atomic E-state index is -0.552. The maximum absolute atomic E-state index is 13.2. The number of nitrogens with zero attached hydrogens (tertiary/aromatic N) is 4. The minimum Gasteiger partial charge on any atom is -0.497 e. The fraction of sp³-hybridized carbons (Fsp3) is 0.414. The van der Waals surface area contributed by atoms with Gasteiger partial charge >= 0.3 is 0 Å². The second-order valence-corrected chi connectivity index (χ2v) is 10.3. The van der Waals surface area contributed by atoms with Crippen LogP contribution in [-0.2, 0) is 10.2 Å². The molecule has 0 spiro atoms. The summed E-state index contributed by atoms with van der Waals surface area (Å²) in [4.78, 5) is 17.2. The summed E-state index contributed by atoms with van der Waals surface area (Å²) in [5.41, 5.74) is 4.03. The molecule has 3 aromatic rings. The summed E-state index contributed by atoms with van der Waals surface area (Å²) in [6.07, 6.45) is -0.552. The van der Waals surface area contributed by atoms with Crippen molar-refractivity contribution in [1.82, 2.24) is 15.1 Å². The molecule has 1 fully saturated rings. The third-order valence-electron chi connectivity index (χ3n) is 6.55. The van der Waals surface area contributed by atoms with Gasteiger partial charge in [-0.05, 0) is 67.3 Å². The summed E-state index contributed by atoms with van der Waals surface area (Å²) in [6, 6.07) is 17.9. The van der Waals surface area contributed by atoms with Crippen molar-refractivity contribution in [2.75, 3.05) is 38.2 Å². The number of ether oxygens (including phenoxy) is 2. The fourth-order valence-electron chi connectivity index (χ4n) is 4.40. The largest absolute Gasteiger partial charge is 0.497 e. The Morgan fingerprint density at radius 1 is 0.944 bits per heavy atom. The molecule has 0 saturated carbocycles. The van der Waals surface area contributed by atoms with Crippen LogP contribution in [-0.4, -0.2) is 60.4 Å². The molecule has 1 unspecified atom stereocenters. The van der Waals surface area contributed by atoms with E-state index in [0.29, 0.717) is 26.2 Å². The lowest BCUT2D eigenvalue weighted by molar-refractivity contribution is -0.138. The van der Waals surface area contributed by atoms with Gasteiger partial charge in [0, 0.05) is 31.7 Å². The number of anilines is 1. The molecule has 2 aromatic carbocycles. The van der Waals surface area contributed by atoms with Crippen molar-refractivity contribution in [2.45, 2.75) is 46.1 Å². The molecule has 1 saturated heterocycles. The van der Waals surface area contributed by atoms with Crippen LogP contribution in [0.5, 0.6) is 11.5 Å². The molecule has 36 heavy (non-hydrogen) atoms. The van der Waals surface area contributed by atoms with Gasteiger partial charge in [-0.25, -0.2) is 0 Å². The zero-order valence-corrected chi connectivity index (χ0v) is 22.1. The van der Waals surface area contributed by atoms with Crippen molar-refractivity contribution in [2.24, 2.45) is 0 Å². The van der Waals surface area contributed by atoms with E-state index in [1.165, 1.54) is 5.56 Å². The molecule has 1 aliphatic rings. The van der Waals surface area contributed by atoms with Crippen molar-refractivity contribution in [3.05, 3.63) is 65.7 Å². The van der Waals surface area contributed by atoms with Crippen LogP contribution in [0.1, 0.15) is 38.8 Å². The van der Waals surface area contributed by atoms with Crippen molar-refractivity contribution >= 4 is 11.7 Å². The highest BCUT2D eigenvalue weighted by atomic mass is 16.5. The topological polar surface area (TPSA) is 67.8 Å². The number of hydrogen-bond acceptors (Lipinski definition) is 6. The zero-order chi connectivity index (χ0) is 25.9. The van der Waals surface area contributed by atoms with Crippen LogP contribution in [0.3, 0.4) is 0 Å². The molecular weight excluding hydrogens is 452 g/mol. The molecule has 1 amide bonds. The predicted octanol–water partition coefficient (Wildman–Crippen LogP) is 4.87. The average molecular weight is 489 g/mol. The minimum absolute atomic E-state index is 0.0102. The summed E-state index contributed by atoms with van der Waals surface area (Å²) < 4.78 is 11.4. The summed E-state index contributed by atoms with van der Waals surface area (Å²) in [7, 11) is 1.65. The van der Waals surface area contributed by atoms with E-state index in [1.54, 1.807) is 7.11 Å². The summed E-state index contributed by atoms with van der Waals surface area (Å²) in [5, 5.41) is 8.85. The summed E-state index contributed by atoms with van der Waals surface area (Å²) >= 11 is 0. The van der Waals surface area contributed by atoms with Gasteiger partial charge in [0.15, 0.2) is 11.9 Å². The Morgan fingerprint density at radius 2 is 1.64 bits per heavy atom. The van der Waals surface area contributed by atoms with E-state index in [-0.39, 0.29) is 11.3 Å². The smallest absolute Gasteiger partial charge is 0.263 e. The Balaban J connectivity index is 1.35. The first-order valence-corrected chi connectivity index (χ1v) is 12.5. The summed E-state index contributed by atoms with van der Waals surface area (Å²) in [5.74, 6) is 2.41. The van der Waals surface area contributed by atoms with Gasteiger partial charge in [-0.2, -0.15) is 0 Å². The molecule has 0 radical (unpaired) electrons. The molecule has 0 bridgehead atoms. The number of aryl methyl sites for hydroxylation is 1. The quantitative estimate of drug-likeness (QED) is 0.493. The van der Waals surface area contributed by atoms with Crippen molar-refractivity contribution in [3.8, 4) is 22.8 Å². The third kappa shape index (κ3) is 5.78. The number of carbonyl (C=O) groups is 1. The number of methoxy groups -OCH3 is 1. The number of rotatable bonds is 6. The Hall–Kier alpha value is -3.61. The maximum atomic E-state index is 13.2. The van der Waals surface area contributed by atoms with Gasteiger partial charge in [-0.3, -0.25) is 4.79 Å². The monoisotopic (exact) mass is 488 g/mol. The molecule has 0 N–H and O–H groups in total. The van der Waals surface area contributed by atoms with E-state index in [0.717, 1.165) is 34.1 Å². The van der Waals surface area contributed by atoms with Gasteiger partial charge in [-0.1, -0.05) is 38.5 Å². The van der Waals surface area contributed by atoms with Gasteiger partial charge in [0.25, 0.3) is 5.91 Å². The van der Waals surface area contributed by atoms with Crippen LogP contribution in [0.4, 0.5) is 5.82 Å². The van der Waals surface area contributed by atoms with Gasteiger partial charge in [0.2, 0.25) is 0 Å². The van der Waals surface area contributed by atoms with Crippen molar-refractivity contribution in [1.29, 1.82) is 0 Å². The number of aromatic nitrogens is 2. The maximum Gasteiger partial charge on any atom is 0.263 e. The lowest BCUT2D eigenvalue weighted by Crippen LogP contribution is -2.52. The molecule has 0 aliphatic carbocycles. The molecule has 4 rings (SSSR count). The standard InChI is InChI=1S/C29H36N4O3/c1-20-7-13-26(24(19-20)29(3,4)5)36-21(2)28(34)33-17-15-32(16-18-33)27-14-12-25(30-31-27)22-8-10-23(35-6)11-9-22/h7-14,19,21H,15-18H2,1-6H3. The summed E-state index contributed by atoms with van der Waals surface area (Å²) in [6.45, 7) is 13.0. The Bertz CT molecular complexity index is 1180. The highest BCUT2D eigenvalue weighted by Crippen LogP contribution is 2.33. The molecule has 7 heteroatoms. The number of amides is 1. The Morgan fingerprint density at radius 3 is 2.22 bits per heavy atom. The van der Waals surface area contributed by atoms with E-state index in [2.05, 4.69) is 48.9 Å². The van der Waals surface area contributed by atoms with Gasteiger partial charge < -0.3 is 19.3 Å². The van der Waals surface area contributed by atoms with Gasteiger partial charge in [-0.15, -0.1) is 10.2 Å². The second kappa shape index (κ2) is 10.6. The van der Waals surface area contributed by atoms with Crippen molar-refractivity contribution < 1.29 is 14.3 Å². The van der Waals surface area contributed by atoms with Crippen LogP contribution in [0, 0.1) is 6.92 Å². The molecular formula is C29H36N4O3. The SMILES string of the molecule is COc1ccc(-c2ccc(N3CCN(C(=O)C(C)Oc4ccc(C)cc4C(C)(C)C)CC3)nn2)cc1. The Kier molecular flexibility index (Phi) is 7.48. The van der Waals surface area contributed by atoms with E-state index in [4.69, 9.17) is 9.47 Å². The lowest BCUT2D eigenvalue weighted by atomic mass is 9.85. The van der Waals surface area contributed by atoms with E-state index in [1.807, 2.05) is 60.4 Å². The molecule has 7 nitrogen and oxygen atoms in total.